The molecule has 0 radical (unpaired) electrons. The van der Waals surface area contributed by atoms with Crippen LogP contribution in [0.25, 0.3) is 23.0 Å². The lowest BCUT2D eigenvalue weighted by molar-refractivity contribution is -0.144. The number of rotatable bonds is 6. The second kappa shape index (κ2) is 13.3. The molecule has 11 nitrogen and oxygen atoms in total. The van der Waals surface area contributed by atoms with Crippen molar-refractivity contribution in [2.24, 2.45) is 0 Å². The van der Waals surface area contributed by atoms with Gasteiger partial charge in [-0.3, -0.25) is 9.59 Å². The number of halogens is 4. The quantitative estimate of drug-likeness (QED) is 0.195. The second-order valence-electron chi connectivity index (χ2n) is 10.2. The molecule has 44 heavy (non-hydrogen) atoms. The first-order chi connectivity index (χ1) is 21.1. The number of alkyl halides is 3. The molecule has 0 aliphatic carbocycles. The van der Waals surface area contributed by atoms with Gasteiger partial charge >= 0.3 is 12.1 Å². The van der Waals surface area contributed by atoms with E-state index in [0.717, 1.165) is 0 Å². The smallest absolute Gasteiger partial charge is 0.408 e. The number of anilines is 1. The van der Waals surface area contributed by atoms with Gasteiger partial charge in [0.05, 0.1) is 37.2 Å². The van der Waals surface area contributed by atoms with Gasteiger partial charge in [-0.2, -0.15) is 17.9 Å². The van der Waals surface area contributed by atoms with E-state index in [1.54, 1.807) is 36.4 Å². The first kappa shape index (κ1) is 30.7. The summed E-state index contributed by atoms with van der Waals surface area (Å²) in [6, 6.07) is 7.42. The highest BCUT2D eigenvalue weighted by atomic mass is 35.5. The van der Waals surface area contributed by atoms with Crippen LogP contribution in [-0.2, 0) is 20.7 Å². The van der Waals surface area contributed by atoms with Crippen LogP contribution >= 0.6 is 11.6 Å². The Bertz CT molecular complexity index is 1660. The molecular formula is C29H28ClF3N8O3. The van der Waals surface area contributed by atoms with Crippen LogP contribution in [0.1, 0.15) is 48.7 Å². The predicted molar refractivity (Wildman–Crippen MR) is 156 cm³/mol. The SMILES string of the molecule is COC(=O)Cc1ccc2c(c1)N[C@@H](C(F)(F)F)CCCC[C@H](NC(=O)/C=C/c1cc(Cl)ccc1-n1cnnn1)c1ncc-2[nH]1. The lowest BCUT2D eigenvalue weighted by Crippen LogP contribution is -2.36. The summed E-state index contributed by atoms with van der Waals surface area (Å²) in [7, 11) is 1.25. The number of aromatic amines is 1. The maximum absolute atomic E-state index is 14.1. The zero-order chi connectivity index (χ0) is 31.3. The molecule has 1 aliphatic heterocycles. The van der Waals surface area contributed by atoms with Gasteiger partial charge in [0, 0.05) is 27.9 Å². The summed E-state index contributed by atoms with van der Waals surface area (Å²) in [6.45, 7) is 0. The standard InChI is InChI=1S/C29H28ClF3N8O3/c1-44-27(43)13-17-6-9-20-22(12-17)36-25(29(31,32)33)5-3-2-4-21(28-34-15-23(20)38-28)37-26(42)11-7-18-14-19(30)8-10-24(18)41-16-35-39-40-41/h6-12,14-16,21,25,36H,2-5,13H2,1H3,(H,34,38)(H,37,42)/b11-7+/t21-,25+/m0/s1. The number of benzene rings is 2. The van der Waals surface area contributed by atoms with Crippen molar-refractivity contribution in [1.82, 2.24) is 35.5 Å². The molecule has 0 saturated heterocycles. The zero-order valence-corrected chi connectivity index (χ0v) is 24.2. The van der Waals surface area contributed by atoms with Crippen molar-refractivity contribution in [1.29, 1.82) is 0 Å². The van der Waals surface area contributed by atoms with Gasteiger partial charge in [0.1, 0.15) is 18.2 Å². The molecule has 1 aliphatic rings. The zero-order valence-electron chi connectivity index (χ0n) is 23.4. The number of imidazole rings is 1. The van der Waals surface area contributed by atoms with E-state index >= 15 is 0 Å². The number of hydrogen-bond acceptors (Lipinski definition) is 8. The van der Waals surface area contributed by atoms with E-state index in [1.807, 2.05) is 0 Å². The minimum Gasteiger partial charge on any atom is -0.469 e. The Labute approximate surface area is 254 Å². The maximum Gasteiger partial charge on any atom is 0.408 e. The molecule has 230 valence electrons. The van der Waals surface area contributed by atoms with Crippen LogP contribution in [0.4, 0.5) is 18.9 Å². The number of carbonyl (C=O) groups is 2. The van der Waals surface area contributed by atoms with Gasteiger partial charge in [0.15, 0.2) is 0 Å². The lowest BCUT2D eigenvalue weighted by atomic mass is 10.0. The number of H-pyrrole nitrogens is 1. The highest BCUT2D eigenvalue weighted by molar-refractivity contribution is 6.30. The number of nitrogens with zero attached hydrogens (tertiary/aromatic N) is 5. The average Bonchev–Trinajstić information content (AvgIpc) is 3.69. The molecule has 15 heteroatoms. The minimum atomic E-state index is -4.52. The van der Waals surface area contributed by atoms with Gasteiger partial charge in [-0.1, -0.05) is 36.6 Å². The number of amides is 1. The number of nitrogens with one attached hydrogen (secondary N) is 3. The van der Waals surface area contributed by atoms with Crippen molar-refractivity contribution in [2.75, 3.05) is 12.4 Å². The van der Waals surface area contributed by atoms with Gasteiger partial charge < -0.3 is 20.4 Å². The molecule has 1 amide bonds. The molecule has 2 aromatic carbocycles. The third kappa shape index (κ3) is 7.43. The van der Waals surface area contributed by atoms with E-state index in [0.29, 0.717) is 51.8 Å². The van der Waals surface area contributed by atoms with Gasteiger partial charge in [0.2, 0.25) is 5.91 Å². The molecule has 3 heterocycles. The topological polar surface area (TPSA) is 140 Å². The molecule has 0 saturated carbocycles. The number of hydrogen-bond donors (Lipinski definition) is 3. The molecule has 0 unspecified atom stereocenters. The lowest BCUT2D eigenvalue weighted by Gasteiger charge is -2.25. The Balaban J connectivity index is 1.42. The molecule has 2 aromatic heterocycles. The third-order valence-corrected chi connectivity index (χ3v) is 7.39. The Morgan fingerprint density at radius 2 is 2.00 bits per heavy atom. The number of tetrazole rings is 1. The van der Waals surface area contributed by atoms with E-state index in [-0.39, 0.29) is 24.9 Å². The number of esters is 1. The van der Waals surface area contributed by atoms with E-state index in [2.05, 4.69) is 36.1 Å². The number of fused-ring (bicyclic) bond motifs is 4. The fourth-order valence-electron chi connectivity index (χ4n) is 4.95. The molecule has 0 fully saturated rings. The molecule has 4 aromatic rings. The van der Waals surface area contributed by atoms with Crippen LogP contribution in [0.2, 0.25) is 5.02 Å². The van der Waals surface area contributed by atoms with Crippen LogP contribution in [0.5, 0.6) is 0 Å². The summed E-state index contributed by atoms with van der Waals surface area (Å²) in [5.41, 5.74) is 2.78. The van der Waals surface area contributed by atoms with Crippen LogP contribution in [0.15, 0.2) is 55.0 Å². The van der Waals surface area contributed by atoms with Crippen molar-refractivity contribution in [3.05, 3.63) is 77.0 Å². The van der Waals surface area contributed by atoms with E-state index in [1.165, 1.54) is 36.5 Å². The van der Waals surface area contributed by atoms with Crippen LogP contribution in [0, 0.1) is 0 Å². The van der Waals surface area contributed by atoms with Gasteiger partial charge in [-0.05, 0) is 59.2 Å². The van der Waals surface area contributed by atoms with Crippen LogP contribution in [-0.4, -0.2) is 61.4 Å². The molecule has 0 spiro atoms. The average molecular weight is 629 g/mol. The molecule has 2 atom stereocenters. The fraction of sp³-hybridized carbons (Fsp3) is 0.310. The second-order valence-corrected chi connectivity index (χ2v) is 10.6. The van der Waals surface area contributed by atoms with Crippen molar-refractivity contribution in [2.45, 2.75) is 50.4 Å². The molecule has 3 N–H and O–H groups in total. The third-order valence-electron chi connectivity index (χ3n) is 7.15. The van der Waals surface area contributed by atoms with Crippen LogP contribution < -0.4 is 10.6 Å². The molecule has 5 rings (SSSR count). The number of carbonyl (C=O) groups excluding carboxylic acids is 2. The highest BCUT2D eigenvalue weighted by Crippen LogP contribution is 2.35. The fourth-order valence-corrected chi connectivity index (χ4v) is 5.13. The van der Waals surface area contributed by atoms with Gasteiger partial charge in [-0.15, -0.1) is 5.10 Å². The van der Waals surface area contributed by atoms with Crippen molar-refractivity contribution < 1.29 is 27.5 Å². The summed E-state index contributed by atoms with van der Waals surface area (Å²) in [5.74, 6) is -0.495. The summed E-state index contributed by atoms with van der Waals surface area (Å²) in [4.78, 5) is 32.5. The Kier molecular flexibility index (Phi) is 9.28. The number of ether oxygens (including phenoxy) is 1. The van der Waals surface area contributed by atoms with Crippen LogP contribution in [0.3, 0.4) is 0 Å². The van der Waals surface area contributed by atoms with E-state index in [4.69, 9.17) is 16.3 Å². The summed E-state index contributed by atoms with van der Waals surface area (Å²) in [5, 5.41) is 17.2. The molecule has 2 bridgehead atoms. The Hall–Kier alpha value is -4.72. The number of methoxy groups -OCH3 is 1. The van der Waals surface area contributed by atoms with E-state index in [9.17, 15) is 22.8 Å². The first-order valence-corrected chi connectivity index (χ1v) is 14.1. The number of aromatic nitrogens is 6. The Morgan fingerprint density at radius 3 is 2.75 bits per heavy atom. The summed E-state index contributed by atoms with van der Waals surface area (Å²) < 4.78 is 48.3. The van der Waals surface area contributed by atoms with Gasteiger partial charge in [0.25, 0.3) is 0 Å². The van der Waals surface area contributed by atoms with E-state index < -0.39 is 30.1 Å². The summed E-state index contributed by atoms with van der Waals surface area (Å²) >= 11 is 6.17. The van der Waals surface area contributed by atoms with Gasteiger partial charge in [-0.25, -0.2) is 4.98 Å². The molecular weight excluding hydrogens is 601 g/mol. The minimum absolute atomic E-state index is 0.0929. The monoisotopic (exact) mass is 628 g/mol. The predicted octanol–water partition coefficient (Wildman–Crippen LogP) is 5.21. The largest absolute Gasteiger partial charge is 0.469 e. The maximum atomic E-state index is 14.1. The summed E-state index contributed by atoms with van der Waals surface area (Å²) in [6.07, 6.45) is 2.03. The van der Waals surface area contributed by atoms with Crippen molar-refractivity contribution in [3.8, 4) is 16.9 Å². The normalized spacial score (nSPS) is 17.2. The Morgan fingerprint density at radius 1 is 1.18 bits per heavy atom. The van der Waals surface area contributed by atoms with Crippen molar-refractivity contribution in [3.63, 3.8) is 0 Å². The van der Waals surface area contributed by atoms with Crippen molar-refractivity contribution >= 4 is 35.2 Å². The first-order valence-electron chi connectivity index (χ1n) is 13.7. The highest BCUT2D eigenvalue weighted by Gasteiger charge is 2.39.